The quantitative estimate of drug-likeness (QED) is 0.859. The van der Waals surface area contributed by atoms with Crippen molar-refractivity contribution in [2.45, 2.75) is 37.7 Å². The summed E-state index contributed by atoms with van der Waals surface area (Å²) in [5.74, 6) is 1.59. The highest BCUT2D eigenvalue weighted by Crippen LogP contribution is 2.51. The molecule has 1 N–H and O–H groups in total. The molecule has 0 radical (unpaired) electrons. The van der Waals surface area contributed by atoms with E-state index in [1.54, 1.807) is 12.1 Å². The van der Waals surface area contributed by atoms with E-state index in [1.807, 2.05) is 12.3 Å². The van der Waals surface area contributed by atoms with Gasteiger partial charge in [0.05, 0.1) is 11.6 Å². The SMILES string of the molecule is O[C@@H]1CC2C[C@H](c3ccnc4ccc(F)cc34)C[C@@H]2C1. The lowest BCUT2D eigenvalue weighted by molar-refractivity contribution is 0.171. The monoisotopic (exact) mass is 271 g/mol. The summed E-state index contributed by atoms with van der Waals surface area (Å²) in [4.78, 5) is 4.33. The van der Waals surface area contributed by atoms with Crippen molar-refractivity contribution in [3.05, 3.63) is 41.8 Å². The Bertz CT molecular complexity index is 642. The Morgan fingerprint density at radius 3 is 2.55 bits per heavy atom. The molecule has 0 spiro atoms. The first-order valence-electron chi connectivity index (χ1n) is 7.43. The standard InChI is InChI=1S/C17H18FNO/c18-13-1-2-17-16(9-13)15(3-4-19-17)12-5-10-7-14(20)8-11(10)6-12/h1-4,9-12,14,20H,5-8H2/t10-,11?,12-,14+/m1/s1. The first-order valence-corrected chi connectivity index (χ1v) is 7.43. The van der Waals surface area contributed by atoms with Crippen LogP contribution in [0.5, 0.6) is 0 Å². The minimum absolute atomic E-state index is 0.0995. The van der Waals surface area contributed by atoms with Crippen LogP contribution < -0.4 is 0 Å². The smallest absolute Gasteiger partial charge is 0.123 e. The van der Waals surface area contributed by atoms with Crippen LogP contribution in [0.25, 0.3) is 10.9 Å². The molecule has 2 saturated carbocycles. The summed E-state index contributed by atoms with van der Waals surface area (Å²) >= 11 is 0. The van der Waals surface area contributed by atoms with Gasteiger partial charge in [0.1, 0.15) is 5.82 Å². The molecule has 1 unspecified atom stereocenters. The van der Waals surface area contributed by atoms with Crippen LogP contribution in [0.2, 0.25) is 0 Å². The van der Waals surface area contributed by atoms with Gasteiger partial charge in [-0.15, -0.1) is 0 Å². The summed E-state index contributed by atoms with van der Waals surface area (Å²) in [7, 11) is 0. The fourth-order valence-electron chi connectivity index (χ4n) is 4.33. The summed E-state index contributed by atoms with van der Waals surface area (Å²) in [6, 6.07) is 6.89. The molecule has 2 aromatic rings. The van der Waals surface area contributed by atoms with Gasteiger partial charge in [0.25, 0.3) is 0 Å². The molecule has 4 rings (SSSR count). The molecular formula is C17H18FNO. The van der Waals surface area contributed by atoms with Crippen LogP contribution in [0.4, 0.5) is 4.39 Å². The van der Waals surface area contributed by atoms with Crippen molar-refractivity contribution < 1.29 is 9.50 Å². The third kappa shape index (κ3) is 1.92. The lowest BCUT2D eigenvalue weighted by atomic mass is 9.92. The summed E-state index contributed by atoms with van der Waals surface area (Å²) in [6.45, 7) is 0. The van der Waals surface area contributed by atoms with Crippen molar-refractivity contribution in [3.8, 4) is 0 Å². The van der Waals surface area contributed by atoms with Crippen molar-refractivity contribution in [1.82, 2.24) is 4.98 Å². The van der Waals surface area contributed by atoms with Crippen LogP contribution in [0.15, 0.2) is 30.5 Å². The van der Waals surface area contributed by atoms with E-state index in [1.165, 1.54) is 11.6 Å². The summed E-state index contributed by atoms with van der Waals surface area (Å²) < 4.78 is 13.5. The van der Waals surface area contributed by atoms with Crippen LogP contribution in [-0.2, 0) is 0 Å². The maximum atomic E-state index is 13.5. The molecule has 0 amide bonds. The second kappa shape index (κ2) is 4.52. The molecule has 0 bridgehead atoms. The molecule has 3 heteroatoms. The molecule has 2 nitrogen and oxygen atoms in total. The Morgan fingerprint density at radius 1 is 1.05 bits per heavy atom. The van der Waals surface area contributed by atoms with Gasteiger partial charge in [-0.3, -0.25) is 4.98 Å². The number of hydrogen-bond donors (Lipinski definition) is 1. The Labute approximate surface area is 117 Å². The summed E-state index contributed by atoms with van der Waals surface area (Å²) in [5.41, 5.74) is 2.11. The van der Waals surface area contributed by atoms with Crippen LogP contribution in [0, 0.1) is 17.7 Å². The average molecular weight is 271 g/mol. The van der Waals surface area contributed by atoms with Gasteiger partial charge in [0.15, 0.2) is 0 Å². The van der Waals surface area contributed by atoms with Gasteiger partial charge in [-0.05, 0) is 73.3 Å². The van der Waals surface area contributed by atoms with Crippen molar-refractivity contribution in [1.29, 1.82) is 0 Å². The Kier molecular flexibility index (Phi) is 2.77. The maximum absolute atomic E-state index is 13.5. The van der Waals surface area contributed by atoms with E-state index in [0.29, 0.717) is 17.8 Å². The summed E-state index contributed by atoms with van der Waals surface area (Å²) in [6.07, 6.45) is 5.86. The van der Waals surface area contributed by atoms with E-state index >= 15 is 0 Å². The van der Waals surface area contributed by atoms with Crippen molar-refractivity contribution in [2.75, 3.05) is 0 Å². The van der Waals surface area contributed by atoms with E-state index in [-0.39, 0.29) is 11.9 Å². The molecule has 20 heavy (non-hydrogen) atoms. The number of pyridine rings is 1. The zero-order valence-electron chi connectivity index (χ0n) is 11.3. The minimum Gasteiger partial charge on any atom is -0.393 e. The molecule has 0 aliphatic heterocycles. The van der Waals surface area contributed by atoms with E-state index in [2.05, 4.69) is 4.98 Å². The zero-order valence-corrected chi connectivity index (χ0v) is 11.3. The molecule has 0 saturated heterocycles. The van der Waals surface area contributed by atoms with Crippen molar-refractivity contribution in [3.63, 3.8) is 0 Å². The zero-order chi connectivity index (χ0) is 13.7. The van der Waals surface area contributed by atoms with Crippen molar-refractivity contribution >= 4 is 10.9 Å². The average Bonchev–Trinajstić information content (AvgIpc) is 2.95. The summed E-state index contributed by atoms with van der Waals surface area (Å²) in [5, 5.41) is 10.7. The number of fused-ring (bicyclic) bond motifs is 2. The molecule has 1 heterocycles. The normalized spacial score (nSPS) is 32.7. The van der Waals surface area contributed by atoms with Crippen LogP contribution >= 0.6 is 0 Å². The molecule has 2 aliphatic rings. The van der Waals surface area contributed by atoms with E-state index in [0.717, 1.165) is 36.6 Å². The van der Waals surface area contributed by atoms with Gasteiger partial charge < -0.3 is 5.11 Å². The van der Waals surface area contributed by atoms with Gasteiger partial charge in [0.2, 0.25) is 0 Å². The first-order chi connectivity index (χ1) is 9.70. The third-order valence-corrected chi connectivity index (χ3v) is 5.17. The lowest BCUT2D eigenvalue weighted by Crippen LogP contribution is -2.04. The van der Waals surface area contributed by atoms with Gasteiger partial charge in [-0.1, -0.05) is 0 Å². The number of aliphatic hydroxyl groups excluding tert-OH is 1. The van der Waals surface area contributed by atoms with E-state index < -0.39 is 0 Å². The predicted molar refractivity (Wildman–Crippen MR) is 75.9 cm³/mol. The van der Waals surface area contributed by atoms with E-state index in [9.17, 15) is 9.50 Å². The highest BCUT2D eigenvalue weighted by atomic mass is 19.1. The second-order valence-electron chi connectivity index (χ2n) is 6.38. The second-order valence-corrected chi connectivity index (χ2v) is 6.38. The van der Waals surface area contributed by atoms with Crippen molar-refractivity contribution in [2.24, 2.45) is 11.8 Å². The van der Waals surface area contributed by atoms with Gasteiger partial charge >= 0.3 is 0 Å². The number of hydrogen-bond acceptors (Lipinski definition) is 2. The number of aromatic nitrogens is 1. The maximum Gasteiger partial charge on any atom is 0.123 e. The Morgan fingerprint density at radius 2 is 1.80 bits per heavy atom. The molecule has 2 aliphatic carbocycles. The minimum atomic E-state index is -0.194. The van der Waals surface area contributed by atoms with Crippen LogP contribution in [0.1, 0.15) is 37.2 Å². The highest BCUT2D eigenvalue weighted by molar-refractivity contribution is 5.82. The number of nitrogens with zero attached hydrogens (tertiary/aromatic N) is 1. The Balaban J connectivity index is 1.71. The molecule has 1 aromatic heterocycles. The van der Waals surface area contributed by atoms with Crippen LogP contribution in [-0.4, -0.2) is 16.2 Å². The van der Waals surface area contributed by atoms with Gasteiger partial charge in [-0.25, -0.2) is 4.39 Å². The molecule has 4 atom stereocenters. The molecular weight excluding hydrogens is 253 g/mol. The molecule has 1 aromatic carbocycles. The van der Waals surface area contributed by atoms with Gasteiger partial charge in [0, 0.05) is 11.6 Å². The first kappa shape index (κ1) is 12.3. The number of halogens is 1. The number of benzene rings is 1. The molecule has 2 fully saturated rings. The van der Waals surface area contributed by atoms with Gasteiger partial charge in [-0.2, -0.15) is 0 Å². The topological polar surface area (TPSA) is 33.1 Å². The lowest BCUT2D eigenvalue weighted by Gasteiger charge is -2.15. The third-order valence-electron chi connectivity index (χ3n) is 5.17. The highest BCUT2D eigenvalue weighted by Gasteiger charge is 2.41. The number of rotatable bonds is 1. The fraction of sp³-hybridized carbons (Fsp3) is 0.471. The predicted octanol–water partition coefficient (Wildman–Crippen LogP) is 3.64. The fourth-order valence-corrected chi connectivity index (χ4v) is 4.33. The molecule has 104 valence electrons. The van der Waals surface area contributed by atoms with Crippen LogP contribution in [0.3, 0.4) is 0 Å². The number of aliphatic hydroxyl groups is 1. The van der Waals surface area contributed by atoms with E-state index in [4.69, 9.17) is 0 Å². The Hall–Kier alpha value is -1.48. The largest absolute Gasteiger partial charge is 0.393 e.